The van der Waals surface area contributed by atoms with Crippen molar-refractivity contribution in [2.24, 2.45) is 5.92 Å². The van der Waals surface area contributed by atoms with Crippen LogP contribution in [0.15, 0.2) is 35.2 Å². The lowest BCUT2D eigenvalue weighted by Crippen LogP contribution is -2.44. The van der Waals surface area contributed by atoms with Crippen LogP contribution in [-0.4, -0.2) is 42.2 Å². The highest BCUT2D eigenvalue weighted by atomic mass is 32.2. The number of nitrogens with one attached hydrogen (secondary N) is 1. The summed E-state index contributed by atoms with van der Waals surface area (Å²) in [6.07, 6.45) is 2.36. The van der Waals surface area contributed by atoms with E-state index in [-0.39, 0.29) is 5.91 Å². The van der Waals surface area contributed by atoms with Crippen LogP contribution in [-0.2, 0) is 4.79 Å². The van der Waals surface area contributed by atoms with Crippen LogP contribution in [0.4, 0.5) is 0 Å². The smallest absolute Gasteiger partial charge is 0.232 e. The van der Waals surface area contributed by atoms with Crippen LogP contribution < -0.4 is 5.32 Å². The van der Waals surface area contributed by atoms with Crippen molar-refractivity contribution in [2.75, 3.05) is 25.4 Å². The summed E-state index contributed by atoms with van der Waals surface area (Å²) in [5.41, 5.74) is 0. The largest absolute Gasteiger partial charge is 0.342 e. The summed E-state index contributed by atoms with van der Waals surface area (Å²) < 4.78 is 0. The topological polar surface area (TPSA) is 32.3 Å². The van der Waals surface area contributed by atoms with E-state index < -0.39 is 0 Å². The van der Waals surface area contributed by atoms with Crippen LogP contribution in [0.5, 0.6) is 0 Å². The molecule has 0 bridgehead atoms. The molecule has 1 amide bonds. The second kappa shape index (κ2) is 8.44. The summed E-state index contributed by atoms with van der Waals surface area (Å²) in [7, 11) is 0. The molecule has 21 heavy (non-hydrogen) atoms. The summed E-state index contributed by atoms with van der Waals surface area (Å²) >= 11 is 1.63. The van der Waals surface area contributed by atoms with Crippen LogP contribution >= 0.6 is 11.8 Å². The number of thioether (sulfide) groups is 1. The van der Waals surface area contributed by atoms with Crippen molar-refractivity contribution in [3.63, 3.8) is 0 Å². The molecule has 0 saturated carbocycles. The van der Waals surface area contributed by atoms with E-state index in [2.05, 4.69) is 31.3 Å². The number of hydrogen-bond acceptors (Lipinski definition) is 3. The Morgan fingerprint density at radius 2 is 2.14 bits per heavy atom. The highest BCUT2D eigenvalue weighted by Crippen LogP contribution is 2.20. The minimum Gasteiger partial charge on any atom is -0.342 e. The minimum atomic E-state index is 0.276. The zero-order chi connectivity index (χ0) is 15.1. The van der Waals surface area contributed by atoms with E-state index in [0.717, 1.165) is 26.1 Å². The Hall–Kier alpha value is -1.00. The Morgan fingerprint density at radius 3 is 2.86 bits per heavy atom. The van der Waals surface area contributed by atoms with Gasteiger partial charge in [0.15, 0.2) is 0 Å². The Labute approximate surface area is 132 Å². The lowest BCUT2D eigenvalue weighted by Gasteiger charge is -2.33. The maximum Gasteiger partial charge on any atom is 0.232 e. The van der Waals surface area contributed by atoms with Gasteiger partial charge < -0.3 is 10.2 Å². The molecule has 1 fully saturated rings. The van der Waals surface area contributed by atoms with Gasteiger partial charge in [-0.05, 0) is 37.4 Å². The molecular weight excluding hydrogens is 280 g/mol. The molecule has 1 atom stereocenters. The van der Waals surface area contributed by atoms with Gasteiger partial charge in [0.25, 0.3) is 0 Å². The lowest BCUT2D eigenvalue weighted by atomic mass is 9.98. The van der Waals surface area contributed by atoms with Gasteiger partial charge in [-0.3, -0.25) is 4.79 Å². The normalized spacial score (nSPS) is 19.0. The summed E-state index contributed by atoms with van der Waals surface area (Å²) in [5, 5.41) is 3.49. The van der Waals surface area contributed by atoms with Crippen LogP contribution in [0.1, 0.15) is 26.7 Å². The van der Waals surface area contributed by atoms with Crippen molar-refractivity contribution in [2.45, 2.75) is 37.6 Å². The Bertz CT molecular complexity index is 436. The average molecular weight is 306 g/mol. The fraction of sp³-hybridized carbons (Fsp3) is 0.588. The van der Waals surface area contributed by atoms with Gasteiger partial charge in [-0.1, -0.05) is 32.0 Å². The summed E-state index contributed by atoms with van der Waals surface area (Å²) in [6.45, 7) is 7.19. The SMILES string of the molecule is CC(C)NCC1CCCN(C(=O)CSc2ccccc2)C1. The maximum absolute atomic E-state index is 12.3. The van der Waals surface area contributed by atoms with Crippen molar-refractivity contribution >= 4 is 17.7 Å². The second-order valence-electron chi connectivity index (χ2n) is 6.01. The third-order valence-electron chi connectivity index (χ3n) is 3.79. The molecule has 4 heteroatoms. The van der Waals surface area contributed by atoms with Crippen molar-refractivity contribution in [1.82, 2.24) is 10.2 Å². The molecular formula is C17H26N2OS. The number of nitrogens with zero attached hydrogens (tertiary/aromatic N) is 1. The first-order valence-electron chi connectivity index (χ1n) is 7.84. The highest BCUT2D eigenvalue weighted by Gasteiger charge is 2.23. The minimum absolute atomic E-state index is 0.276. The molecule has 1 aliphatic heterocycles. The van der Waals surface area contributed by atoms with Crippen LogP contribution in [0, 0.1) is 5.92 Å². The zero-order valence-corrected chi connectivity index (χ0v) is 13.9. The van der Waals surface area contributed by atoms with Gasteiger partial charge in [0.05, 0.1) is 5.75 Å². The first-order valence-corrected chi connectivity index (χ1v) is 8.82. The molecule has 0 aromatic heterocycles. The standard InChI is InChI=1S/C17H26N2OS/c1-14(2)18-11-15-7-6-10-19(12-15)17(20)13-21-16-8-4-3-5-9-16/h3-5,8-9,14-15,18H,6-7,10-13H2,1-2H3. The number of carbonyl (C=O) groups excluding carboxylic acids is 1. The average Bonchev–Trinajstić information content (AvgIpc) is 2.52. The fourth-order valence-corrected chi connectivity index (χ4v) is 3.44. The van der Waals surface area contributed by atoms with Crippen LogP contribution in [0.3, 0.4) is 0 Å². The summed E-state index contributed by atoms with van der Waals surface area (Å²) in [6, 6.07) is 10.7. The quantitative estimate of drug-likeness (QED) is 0.820. The molecule has 0 radical (unpaired) electrons. The van der Waals surface area contributed by atoms with Crippen molar-refractivity contribution in [1.29, 1.82) is 0 Å². The highest BCUT2D eigenvalue weighted by molar-refractivity contribution is 8.00. The van der Waals surface area contributed by atoms with E-state index in [4.69, 9.17) is 0 Å². The molecule has 1 N–H and O–H groups in total. The van der Waals surface area contributed by atoms with Gasteiger partial charge in [-0.25, -0.2) is 0 Å². The van der Waals surface area contributed by atoms with Crippen molar-refractivity contribution in [3.8, 4) is 0 Å². The number of carbonyl (C=O) groups is 1. The number of hydrogen-bond donors (Lipinski definition) is 1. The first kappa shape index (κ1) is 16.4. The lowest BCUT2D eigenvalue weighted by molar-refractivity contribution is -0.130. The molecule has 0 aliphatic carbocycles. The summed E-state index contributed by atoms with van der Waals surface area (Å²) in [4.78, 5) is 15.6. The molecule has 1 saturated heterocycles. The second-order valence-corrected chi connectivity index (χ2v) is 7.06. The number of benzene rings is 1. The molecule has 116 valence electrons. The molecule has 1 unspecified atom stereocenters. The predicted molar refractivity (Wildman–Crippen MR) is 89.6 cm³/mol. The van der Waals surface area contributed by atoms with Crippen LogP contribution in [0.25, 0.3) is 0 Å². The number of likely N-dealkylation sites (tertiary alicyclic amines) is 1. The Kier molecular flexibility index (Phi) is 6.58. The molecule has 1 heterocycles. The van der Waals surface area contributed by atoms with E-state index in [1.165, 1.54) is 11.3 Å². The number of amides is 1. The van der Waals surface area contributed by atoms with Crippen molar-refractivity contribution < 1.29 is 4.79 Å². The van der Waals surface area contributed by atoms with Gasteiger partial charge in [-0.2, -0.15) is 0 Å². The molecule has 1 aromatic carbocycles. The Morgan fingerprint density at radius 1 is 1.38 bits per heavy atom. The summed E-state index contributed by atoms with van der Waals surface area (Å²) in [5.74, 6) is 1.43. The third kappa shape index (κ3) is 5.71. The van der Waals surface area contributed by atoms with Gasteiger partial charge in [-0.15, -0.1) is 11.8 Å². The van der Waals surface area contributed by atoms with Crippen LogP contribution in [0.2, 0.25) is 0 Å². The maximum atomic E-state index is 12.3. The Balaban J connectivity index is 1.76. The first-order chi connectivity index (χ1) is 10.1. The van der Waals surface area contributed by atoms with Gasteiger partial charge in [0.1, 0.15) is 0 Å². The van der Waals surface area contributed by atoms with Gasteiger partial charge in [0.2, 0.25) is 5.91 Å². The van der Waals surface area contributed by atoms with Crippen molar-refractivity contribution in [3.05, 3.63) is 30.3 Å². The molecule has 0 spiro atoms. The van der Waals surface area contributed by atoms with E-state index in [0.29, 0.717) is 17.7 Å². The molecule has 1 aromatic rings. The van der Waals surface area contributed by atoms with Gasteiger partial charge >= 0.3 is 0 Å². The van der Waals surface area contributed by atoms with E-state index in [9.17, 15) is 4.79 Å². The molecule has 1 aliphatic rings. The number of piperidine rings is 1. The van der Waals surface area contributed by atoms with Gasteiger partial charge in [0, 0.05) is 24.0 Å². The number of rotatable bonds is 6. The monoisotopic (exact) mass is 306 g/mol. The third-order valence-corrected chi connectivity index (χ3v) is 4.79. The predicted octanol–water partition coefficient (Wildman–Crippen LogP) is 3.02. The fourth-order valence-electron chi connectivity index (χ4n) is 2.61. The molecule has 3 nitrogen and oxygen atoms in total. The van der Waals surface area contributed by atoms with E-state index in [1.807, 2.05) is 23.1 Å². The van der Waals surface area contributed by atoms with E-state index in [1.54, 1.807) is 11.8 Å². The van der Waals surface area contributed by atoms with E-state index >= 15 is 0 Å². The molecule has 2 rings (SSSR count). The zero-order valence-electron chi connectivity index (χ0n) is 13.0.